The van der Waals surface area contributed by atoms with Crippen LogP contribution in [0, 0.1) is 0 Å². The number of hydrogen-bond acceptors (Lipinski definition) is 6. The number of sulfonamides is 1. The molecule has 0 radical (unpaired) electrons. The Morgan fingerprint density at radius 1 is 1.35 bits per heavy atom. The van der Waals surface area contributed by atoms with Crippen molar-refractivity contribution in [1.29, 1.82) is 0 Å². The summed E-state index contributed by atoms with van der Waals surface area (Å²) in [4.78, 5) is 15.7. The van der Waals surface area contributed by atoms with Crippen molar-refractivity contribution in [2.24, 2.45) is 5.14 Å². The molecule has 2 aromatic rings. The Balaban J connectivity index is 2.03. The summed E-state index contributed by atoms with van der Waals surface area (Å²) in [6.07, 6.45) is 3.07. The van der Waals surface area contributed by atoms with Gasteiger partial charge in [0.05, 0.1) is 15.9 Å². The molecule has 0 fully saturated rings. The van der Waals surface area contributed by atoms with E-state index in [1.807, 2.05) is 6.08 Å². The molecule has 142 valence electrons. The molecule has 1 heterocycles. The standard InChI is InChI=1S/C16H23N5O4S/c1-16(2,3)25-15(22)19-8-4-5-9-21-13-7-6-11(26(18,23)24)10-12(13)20-14(21)17/h4-7,10H,8-9H2,1-3H3,(H2,17,20)(H,19,22)(H2,18,23,24)/b5-4+. The van der Waals surface area contributed by atoms with Crippen molar-refractivity contribution in [2.45, 2.75) is 37.8 Å². The Morgan fingerprint density at radius 2 is 2.04 bits per heavy atom. The van der Waals surface area contributed by atoms with Crippen LogP contribution in [-0.4, -0.2) is 36.2 Å². The third-order valence-electron chi connectivity index (χ3n) is 3.30. The minimum atomic E-state index is -3.80. The van der Waals surface area contributed by atoms with Gasteiger partial charge in [-0.1, -0.05) is 12.2 Å². The summed E-state index contributed by atoms with van der Waals surface area (Å²) in [7, 11) is -3.80. The average Bonchev–Trinajstić information content (AvgIpc) is 2.79. The van der Waals surface area contributed by atoms with Crippen LogP contribution in [0.1, 0.15) is 20.8 Å². The zero-order valence-electron chi connectivity index (χ0n) is 14.9. The summed E-state index contributed by atoms with van der Waals surface area (Å²) >= 11 is 0. The van der Waals surface area contributed by atoms with Crippen LogP contribution < -0.4 is 16.2 Å². The third-order valence-corrected chi connectivity index (χ3v) is 4.21. The van der Waals surface area contributed by atoms with E-state index < -0.39 is 21.7 Å². The first-order valence-electron chi connectivity index (χ1n) is 7.88. The Morgan fingerprint density at radius 3 is 2.65 bits per heavy atom. The van der Waals surface area contributed by atoms with Crippen molar-refractivity contribution >= 4 is 33.1 Å². The molecular weight excluding hydrogens is 358 g/mol. The lowest BCUT2D eigenvalue weighted by Gasteiger charge is -2.19. The van der Waals surface area contributed by atoms with Crippen molar-refractivity contribution in [3.8, 4) is 0 Å². The molecule has 1 aromatic heterocycles. The number of alkyl carbamates (subject to hydrolysis) is 1. The predicted octanol–water partition coefficient (Wildman–Crippen LogP) is 1.35. The maximum absolute atomic E-state index is 11.5. The fourth-order valence-corrected chi connectivity index (χ4v) is 2.75. The van der Waals surface area contributed by atoms with E-state index in [0.717, 1.165) is 0 Å². The molecule has 0 atom stereocenters. The van der Waals surface area contributed by atoms with Gasteiger partial charge in [0, 0.05) is 13.1 Å². The average molecular weight is 381 g/mol. The number of carbonyl (C=O) groups excluding carboxylic acids is 1. The number of carbonyl (C=O) groups is 1. The summed E-state index contributed by atoms with van der Waals surface area (Å²) in [5.41, 5.74) is 6.46. The number of primary sulfonamides is 1. The number of ether oxygens (including phenoxy) is 1. The van der Waals surface area contributed by atoms with E-state index in [9.17, 15) is 13.2 Å². The third kappa shape index (κ3) is 5.20. The highest BCUT2D eigenvalue weighted by Crippen LogP contribution is 2.21. The molecule has 0 saturated carbocycles. The molecule has 2 rings (SSSR count). The molecule has 9 nitrogen and oxygen atoms in total. The highest BCUT2D eigenvalue weighted by molar-refractivity contribution is 7.89. The van der Waals surface area contributed by atoms with Gasteiger partial charge < -0.3 is 20.4 Å². The Hall–Kier alpha value is -2.59. The molecule has 0 aliphatic heterocycles. The number of fused-ring (bicyclic) bond motifs is 1. The van der Waals surface area contributed by atoms with Crippen molar-refractivity contribution in [3.63, 3.8) is 0 Å². The van der Waals surface area contributed by atoms with Gasteiger partial charge in [-0.15, -0.1) is 0 Å². The summed E-state index contributed by atoms with van der Waals surface area (Å²) < 4.78 is 29.7. The van der Waals surface area contributed by atoms with E-state index in [0.29, 0.717) is 24.1 Å². The summed E-state index contributed by atoms with van der Waals surface area (Å²) in [6, 6.07) is 4.39. The van der Waals surface area contributed by atoms with E-state index in [4.69, 9.17) is 15.6 Å². The monoisotopic (exact) mass is 381 g/mol. The van der Waals surface area contributed by atoms with E-state index in [-0.39, 0.29) is 10.8 Å². The van der Waals surface area contributed by atoms with Gasteiger partial charge in [0.15, 0.2) is 0 Å². The van der Waals surface area contributed by atoms with Crippen molar-refractivity contribution in [1.82, 2.24) is 14.9 Å². The van der Waals surface area contributed by atoms with Crippen LogP contribution in [0.25, 0.3) is 11.0 Å². The molecule has 0 aliphatic carbocycles. The molecule has 0 bridgehead atoms. The predicted molar refractivity (Wildman–Crippen MR) is 98.9 cm³/mol. The zero-order chi connectivity index (χ0) is 19.5. The van der Waals surface area contributed by atoms with Crippen LogP contribution in [0.4, 0.5) is 10.7 Å². The number of imidazole rings is 1. The highest BCUT2D eigenvalue weighted by Gasteiger charge is 2.15. The Bertz CT molecular complexity index is 941. The molecule has 0 saturated heterocycles. The molecule has 0 unspecified atom stereocenters. The van der Waals surface area contributed by atoms with Gasteiger partial charge in [0.25, 0.3) is 0 Å². The summed E-state index contributed by atoms with van der Waals surface area (Å²) in [6.45, 7) is 6.08. The molecule has 10 heteroatoms. The molecule has 0 spiro atoms. The maximum Gasteiger partial charge on any atom is 0.407 e. The second kappa shape index (κ2) is 7.34. The van der Waals surface area contributed by atoms with Gasteiger partial charge in [0.2, 0.25) is 16.0 Å². The van der Waals surface area contributed by atoms with Crippen molar-refractivity contribution in [2.75, 3.05) is 12.3 Å². The lowest BCUT2D eigenvalue weighted by molar-refractivity contribution is 0.0534. The van der Waals surface area contributed by atoms with Gasteiger partial charge in [0.1, 0.15) is 5.60 Å². The van der Waals surface area contributed by atoms with Crippen LogP contribution >= 0.6 is 0 Å². The maximum atomic E-state index is 11.5. The number of hydrogen-bond donors (Lipinski definition) is 3. The second-order valence-electron chi connectivity index (χ2n) is 6.63. The first-order chi connectivity index (χ1) is 12.0. The summed E-state index contributed by atoms with van der Waals surface area (Å²) in [5.74, 6) is 0.247. The number of rotatable bonds is 5. The van der Waals surface area contributed by atoms with Crippen LogP contribution in [0.5, 0.6) is 0 Å². The molecule has 1 aromatic carbocycles. The van der Waals surface area contributed by atoms with Crippen LogP contribution in [0.2, 0.25) is 0 Å². The minimum absolute atomic E-state index is 0.0215. The molecular formula is C16H23N5O4S. The quantitative estimate of drug-likeness (QED) is 0.667. The Kier molecular flexibility index (Phi) is 5.57. The molecule has 5 N–H and O–H groups in total. The normalized spacial score (nSPS) is 12.6. The zero-order valence-corrected chi connectivity index (χ0v) is 15.7. The lowest BCUT2D eigenvalue weighted by atomic mass is 10.2. The van der Waals surface area contributed by atoms with E-state index in [1.54, 1.807) is 37.5 Å². The van der Waals surface area contributed by atoms with Crippen molar-refractivity contribution in [3.05, 3.63) is 30.4 Å². The van der Waals surface area contributed by atoms with Gasteiger partial charge >= 0.3 is 6.09 Å². The number of amides is 1. The first kappa shape index (κ1) is 19.7. The van der Waals surface area contributed by atoms with Gasteiger partial charge in [-0.25, -0.2) is 23.3 Å². The molecule has 1 amide bonds. The number of nitrogen functional groups attached to an aromatic ring is 1. The van der Waals surface area contributed by atoms with E-state index in [2.05, 4.69) is 10.3 Å². The van der Waals surface area contributed by atoms with Crippen LogP contribution in [0.3, 0.4) is 0 Å². The van der Waals surface area contributed by atoms with E-state index >= 15 is 0 Å². The fraction of sp³-hybridized carbons (Fsp3) is 0.375. The minimum Gasteiger partial charge on any atom is -0.444 e. The van der Waals surface area contributed by atoms with Crippen molar-refractivity contribution < 1.29 is 17.9 Å². The largest absolute Gasteiger partial charge is 0.444 e. The first-order valence-corrected chi connectivity index (χ1v) is 9.42. The number of nitrogens with two attached hydrogens (primary N) is 2. The number of nitrogens with zero attached hydrogens (tertiary/aromatic N) is 2. The van der Waals surface area contributed by atoms with Crippen LogP contribution in [-0.2, 0) is 21.3 Å². The number of aromatic nitrogens is 2. The molecule has 26 heavy (non-hydrogen) atoms. The topological polar surface area (TPSA) is 142 Å². The SMILES string of the molecule is CC(C)(C)OC(=O)NC/C=C/Cn1c(N)nc2cc(S(N)(=O)=O)ccc21. The highest BCUT2D eigenvalue weighted by atomic mass is 32.2. The smallest absolute Gasteiger partial charge is 0.407 e. The second-order valence-corrected chi connectivity index (χ2v) is 8.19. The number of anilines is 1. The van der Waals surface area contributed by atoms with Gasteiger partial charge in [-0.05, 0) is 39.0 Å². The number of benzene rings is 1. The number of allylic oxidation sites excluding steroid dienone is 1. The van der Waals surface area contributed by atoms with Gasteiger partial charge in [-0.3, -0.25) is 0 Å². The van der Waals surface area contributed by atoms with Gasteiger partial charge in [-0.2, -0.15) is 0 Å². The molecule has 0 aliphatic rings. The fourth-order valence-electron chi connectivity index (χ4n) is 2.22. The van der Waals surface area contributed by atoms with E-state index in [1.165, 1.54) is 12.1 Å². The Labute approximate surface area is 152 Å². The summed E-state index contributed by atoms with van der Waals surface area (Å²) in [5, 5.41) is 7.73. The lowest BCUT2D eigenvalue weighted by Crippen LogP contribution is -2.32. The number of nitrogens with one attached hydrogen (secondary N) is 1. The van der Waals surface area contributed by atoms with Crippen LogP contribution in [0.15, 0.2) is 35.2 Å².